The van der Waals surface area contributed by atoms with E-state index in [0.29, 0.717) is 11.3 Å². The number of carbonyl (C=O) groups is 2. The van der Waals surface area contributed by atoms with Gasteiger partial charge < -0.3 is 9.64 Å². The first-order chi connectivity index (χ1) is 11.5. The summed E-state index contributed by atoms with van der Waals surface area (Å²) in [7, 11) is 1.70. The van der Waals surface area contributed by atoms with Gasteiger partial charge in [-0.2, -0.15) is 0 Å². The summed E-state index contributed by atoms with van der Waals surface area (Å²) < 4.78 is 6.26. The van der Waals surface area contributed by atoms with Crippen molar-refractivity contribution in [3.05, 3.63) is 35.4 Å². The van der Waals surface area contributed by atoms with Crippen molar-refractivity contribution in [1.82, 2.24) is 4.90 Å². The summed E-state index contributed by atoms with van der Waals surface area (Å²) in [5.41, 5.74) is 1.40. The van der Waals surface area contributed by atoms with Crippen LogP contribution in [0.2, 0.25) is 0 Å². The Labute approximate surface area is 151 Å². The van der Waals surface area contributed by atoms with Crippen LogP contribution in [0.5, 0.6) is 0 Å². The molecule has 130 valence electrons. The smallest absolute Gasteiger partial charge is 0.338 e. The third-order valence-electron chi connectivity index (χ3n) is 3.64. The Morgan fingerprint density at radius 2 is 2.12 bits per heavy atom. The maximum absolute atomic E-state index is 12.3. The molecule has 0 N–H and O–H groups in total. The number of hydrogen-bond donors (Lipinski definition) is 0. The van der Waals surface area contributed by atoms with Crippen molar-refractivity contribution in [2.45, 2.75) is 25.6 Å². The van der Waals surface area contributed by atoms with Gasteiger partial charge in [-0.25, -0.2) is 4.79 Å². The van der Waals surface area contributed by atoms with E-state index in [2.05, 4.69) is 4.99 Å². The number of ether oxygens (including phenoxy) is 1. The summed E-state index contributed by atoms with van der Waals surface area (Å²) >= 11 is 3.37. The van der Waals surface area contributed by atoms with E-state index in [-0.39, 0.29) is 18.6 Å². The zero-order valence-electron chi connectivity index (χ0n) is 14.2. The van der Waals surface area contributed by atoms with Gasteiger partial charge in [0.2, 0.25) is 0 Å². The number of aliphatic imine (C=N–C) groups is 1. The molecule has 0 fully saturated rings. The van der Waals surface area contributed by atoms with Crippen LogP contribution >= 0.6 is 23.5 Å². The molecule has 0 saturated heterocycles. The molecule has 0 aromatic heterocycles. The van der Waals surface area contributed by atoms with Crippen LogP contribution in [0.4, 0.5) is 0 Å². The van der Waals surface area contributed by atoms with Crippen LogP contribution in [0.1, 0.15) is 29.8 Å². The van der Waals surface area contributed by atoms with Crippen molar-refractivity contribution in [2.24, 2.45) is 4.99 Å². The van der Waals surface area contributed by atoms with Gasteiger partial charge in [-0.1, -0.05) is 41.7 Å². The first-order valence-corrected chi connectivity index (χ1v) is 9.77. The fraction of sp³-hybridized carbons (Fsp3) is 0.471. The molecule has 0 radical (unpaired) electrons. The van der Waals surface area contributed by atoms with Gasteiger partial charge >= 0.3 is 5.97 Å². The van der Waals surface area contributed by atoms with Crippen LogP contribution in [0.15, 0.2) is 29.3 Å². The third-order valence-corrected chi connectivity index (χ3v) is 5.94. The minimum atomic E-state index is -0.460. The molecule has 1 aromatic carbocycles. The van der Waals surface area contributed by atoms with E-state index >= 15 is 0 Å². The average Bonchev–Trinajstić information content (AvgIpc) is 3.10. The molecule has 0 saturated carbocycles. The molecule has 0 atom stereocenters. The standard InChI is InChI=1S/C17H22N2O3S2/c1-12(2)19(3)15(20)10-22-16(21)14-7-5-4-6-13(14)11-24-17-18-8-9-23-17/h4-7,12H,8-11H2,1-3H3. The van der Waals surface area contributed by atoms with Gasteiger partial charge in [0.1, 0.15) is 4.38 Å². The maximum atomic E-state index is 12.3. The Kier molecular flexibility index (Phi) is 7.17. The molecule has 0 spiro atoms. The molecule has 0 aliphatic carbocycles. The number of likely N-dealkylation sites (N-methyl/N-ethyl adjacent to an activating group) is 1. The normalized spacial score (nSPS) is 13.8. The zero-order valence-corrected chi connectivity index (χ0v) is 15.8. The van der Waals surface area contributed by atoms with Crippen LogP contribution in [0, 0.1) is 0 Å². The summed E-state index contributed by atoms with van der Waals surface area (Å²) in [4.78, 5) is 30.2. The second-order valence-corrected chi connectivity index (χ2v) is 7.92. The van der Waals surface area contributed by atoms with Crippen LogP contribution in [-0.4, -0.2) is 53.1 Å². The monoisotopic (exact) mass is 366 g/mol. The first kappa shape index (κ1) is 18.9. The van der Waals surface area contributed by atoms with Gasteiger partial charge in [0.25, 0.3) is 5.91 Å². The summed E-state index contributed by atoms with van der Waals surface area (Å²) in [6, 6.07) is 7.41. The second-order valence-electron chi connectivity index (χ2n) is 5.62. The quantitative estimate of drug-likeness (QED) is 0.724. The van der Waals surface area contributed by atoms with Crippen molar-refractivity contribution in [2.75, 3.05) is 26.0 Å². The minimum absolute atomic E-state index is 0.0737. The Morgan fingerprint density at radius 3 is 2.79 bits per heavy atom. The Hall–Kier alpha value is -1.47. The van der Waals surface area contributed by atoms with Gasteiger partial charge in [-0.15, -0.1) is 0 Å². The number of amides is 1. The maximum Gasteiger partial charge on any atom is 0.338 e. The summed E-state index contributed by atoms with van der Waals surface area (Å²) in [5.74, 6) is 1.02. The number of rotatable bonds is 6. The van der Waals surface area contributed by atoms with Crippen LogP contribution in [0.25, 0.3) is 0 Å². The lowest BCUT2D eigenvalue weighted by Gasteiger charge is -2.21. The molecular formula is C17H22N2O3S2. The van der Waals surface area contributed by atoms with Crippen LogP contribution < -0.4 is 0 Å². The SMILES string of the molecule is CC(C)N(C)C(=O)COC(=O)c1ccccc1CSC1=NCCS1. The summed E-state index contributed by atoms with van der Waals surface area (Å²) in [6.07, 6.45) is 0. The van der Waals surface area contributed by atoms with E-state index in [1.165, 1.54) is 0 Å². The lowest BCUT2D eigenvalue weighted by Crippen LogP contribution is -2.36. The van der Waals surface area contributed by atoms with Crippen molar-refractivity contribution < 1.29 is 14.3 Å². The molecule has 7 heteroatoms. The molecule has 2 rings (SSSR count). The Balaban J connectivity index is 1.95. The molecule has 1 aliphatic rings. The predicted octanol–water partition coefficient (Wildman–Crippen LogP) is 3.05. The fourth-order valence-electron chi connectivity index (χ4n) is 1.98. The molecule has 5 nitrogen and oxygen atoms in total. The van der Waals surface area contributed by atoms with Crippen molar-refractivity contribution in [1.29, 1.82) is 0 Å². The minimum Gasteiger partial charge on any atom is -0.452 e. The molecule has 24 heavy (non-hydrogen) atoms. The highest BCUT2D eigenvalue weighted by Gasteiger charge is 2.18. The van der Waals surface area contributed by atoms with Gasteiger partial charge in [0.05, 0.1) is 12.1 Å². The van der Waals surface area contributed by atoms with Crippen LogP contribution in [0.3, 0.4) is 0 Å². The predicted molar refractivity (Wildman–Crippen MR) is 101 cm³/mol. The second kappa shape index (κ2) is 9.13. The molecular weight excluding hydrogens is 344 g/mol. The number of benzene rings is 1. The van der Waals surface area contributed by atoms with Gasteiger partial charge in [-0.3, -0.25) is 9.79 Å². The molecule has 1 heterocycles. The van der Waals surface area contributed by atoms with E-state index in [1.807, 2.05) is 26.0 Å². The van der Waals surface area contributed by atoms with E-state index in [1.54, 1.807) is 47.6 Å². The van der Waals surface area contributed by atoms with E-state index in [0.717, 1.165) is 22.2 Å². The van der Waals surface area contributed by atoms with Crippen molar-refractivity contribution in [3.8, 4) is 0 Å². The van der Waals surface area contributed by atoms with Gasteiger partial charge in [0, 0.05) is 24.6 Å². The van der Waals surface area contributed by atoms with Gasteiger partial charge in [0.15, 0.2) is 6.61 Å². The summed E-state index contributed by atoms with van der Waals surface area (Å²) in [5, 5.41) is 0. The topological polar surface area (TPSA) is 59.0 Å². The number of carbonyl (C=O) groups excluding carboxylic acids is 2. The zero-order chi connectivity index (χ0) is 17.5. The van der Waals surface area contributed by atoms with Crippen molar-refractivity contribution in [3.63, 3.8) is 0 Å². The molecule has 1 aromatic rings. The number of thioether (sulfide) groups is 2. The van der Waals surface area contributed by atoms with E-state index in [4.69, 9.17) is 4.74 Å². The lowest BCUT2D eigenvalue weighted by molar-refractivity contribution is -0.134. The number of nitrogens with zero attached hydrogens (tertiary/aromatic N) is 2. The van der Waals surface area contributed by atoms with Gasteiger partial charge in [-0.05, 0) is 25.5 Å². The first-order valence-electron chi connectivity index (χ1n) is 7.79. The fourth-order valence-corrected chi connectivity index (χ4v) is 4.00. The van der Waals surface area contributed by atoms with E-state index < -0.39 is 5.97 Å². The largest absolute Gasteiger partial charge is 0.452 e. The number of esters is 1. The highest BCUT2D eigenvalue weighted by atomic mass is 32.2. The van der Waals surface area contributed by atoms with Crippen LogP contribution in [-0.2, 0) is 15.3 Å². The molecule has 0 bridgehead atoms. The molecule has 1 amide bonds. The molecule has 0 unspecified atom stereocenters. The Morgan fingerprint density at radius 1 is 1.38 bits per heavy atom. The van der Waals surface area contributed by atoms with E-state index in [9.17, 15) is 9.59 Å². The Bertz CT molecular complexity index is 632. The van der Waals surface area contributed by atoms with Crippen molar-refractivity contribution >= 4 is 39.8 Å². The highest BCUT2D eigenvalue weighted by Crippen LogP contribution is 2.26. The number of hydrogen-bond acceptors (Lipinski definition) is 6. The molecule has 1 aliphatic heterocycles. The highest BCUT2D eigenvalue weighted by molar-refractivity contribution is 8.38. The average molecular weight is 367 g/mol. The summed E-state index contributed by atoms with van der Waals surface area (Å²) in [6.45, 7) is 4.45. The lowest BCUT2D eigenvalue weighted by atomic mass is 10.1. The third kappa shape index (κ3) is 5.27.